The lowest BCUT2D eigenvalue weighted by atomic mass is 10.2. The first-order valence-electron chi connectivity index (χ1n) is 5.20. The molecule has 0 saturated heterocycles. The Balaban J connectivity index is 3.11. The molecule has 0 aromatic heterocycles. The number of aliphatic hydroxyl groups is 1. The van der Waals surface area contributed by atoms with Gasteiger partial charge in [0.1, 0.15) is 6.54 Å². The highest BCUT2D eigenvalue weighted by atomic mass is 19.4. The molecule has 0 bridgehead atoms. The molecule has 0 unspecified atom stereocenters. The molecule has 19 heavy (non-hydrogen) atoms. The van der Waals surface area contributed by atoms with Gasteiger partial charge in [-0.2, -0.15) is 13.2 Å². The predicted molar refractivity (Wildman–Crippen MR) is 62.9 cm³/mol. The maximum Gasteiger partial charge on any atom is 0.405 e. The van der Waals surface area contributed by atoms with Crippen molar-refractivity contribution in [3.05, 3.63) is 28.3 Å². The Bertz CT molecular complexity index is 465. The van der Waals surface area contributed by atoms with Crippen LogP contribution in [0.3, 0.4) is 0 Å². The van der Waals surface area contributed by atoms with Crippen LogP contribution >= 0.6 is 0 Å². The van der Waals surface area contributed by atoms with Gasteiger partial charge in [0.05, 0.1) is 11.5 Å². The normalized spacial score (nSPS) is 11.4. The van der Waals surface area contributed by atoms with Crippen LogP contribution in [0.5, 0.6) is 0 Å². The van der Waals surface area contributed by atoms with Crippen LogP contribution in [0.15, 0.2) is 18.2 Å². The number of aliphatic hydroxyl groups excluding tert-OH is 1. The highest BCUT2D eigenvalue weighted by Crippen LogP contribution is 2.28. The molecule has 3 N–H and O–H groups in total. The summed E-state index contributed by atoms with van der Waals surface area (Å²) in [5, 5.41) is 19.4. The molecule has 106 valence electrons. The lowest BCUT2D eigenvalue weighted by Gasteiger charge is -2.25. The number of hydrogen-bond acceptors (Lipinski definition) is 5. The van der Waals surface area contributed by atoms with Crippen molar-refractivity contribution in [2.45, 2.75) is 6.18 Å². The molecular weight excluding hydrogens is 267 g/mol. The van der Waals surface area contributed by atoms with Crippen molar-refractivity contribution in [2.24, 2.45) is 0 Å². The fourth-order valence-electron chi connectivity index (χ4n) is 1.54. The quantitative estimate of drug-likeness (QED) is 0.484. The van der Waals surface area contributed by atoms with E-state index in [2.05, 4.69) is 0 Å². The molecule has 0 radical (unpaired) electrons. The second kappa shape index (κ2) is 5.74. The van der Waals surface area contributed by atoms with Gasteiger partial charge >= 0.3 is 6.18 Å². The molecule has 1 aromatic carbocycles. The van der Waals surface area contributed by atoms with Crippen LogP contribution in [0.25, 0.3) is 0 Å². The minimum Gasteiger partial charge on any atom is -0.398 e. The van der Waals surface area contributed by atoms with E-state index in [0.29, 0.717) is 0 Å². The minimum atomic E-state index is -4.49. The van der Waals surface area contributed by atoms with Gasteiger partial charge in [-0.1, -0.05) is 0 Å². The van der Waals surface area contributed by atoms with Crippen molar-refractivity contribution in [1.82, 2.24) is 0 Å². The van der Waals surface area contributed by atoms with E-state index >= 15 is 0 Å². The van der Waals surface area contributed by atoms with Gasteiger partial charge < -0.3 is 15.7 Å². The SMILES string of the molecule is Nc1cc(N(CCO)CC(F)(F)F)cc([N+](=O)[O-])c1. The zero-order valence-corrected chi connectivity index (χ0v) is 9.72. The van der Waals surface area contributed by atoms with E-state index in [4.69, 9.17) is 10.8 Å². The number of non-ortho nitro benzene ring substituents is 1. The number of nitrogen functional groups attached to an aromatic ring is 1. The molecule has 0 saturated carbocycles. The summed E-state index contributed by atoms with van der Waals surface area (Å²) in [6, 6.07) is 3.22. The standard InChI is InChI=1S/C10H12F3N3O3/c11-10(12,13)6-15(1-2-17)8-3-7(14)4-9(5-8)16(18)19/h3-5,17H,1-2,6,14H2. The van der Waals surface area contributed by atoms with Gasteiger partial charge in [0, 0.05) is 30.1 Å². The van der Waals surface area contributed by atoms with Gasteiger partial charge in [0.25, 0.3) is 5.69 Å². The number of nitrogens with two attached hydrogens (primary N) is 1. The number of nitrogens with zero attached hydrogens (tertiary/aromatic N) is 2. The van der Waals surface area contributed by atoms with Crippen molar-refractivity contribution in [3.63, 3.8) is 0 Å². The zero-order valence-electron chi connectivity index (χ0n) is 9.72. The Labute approximate surface area is 106 Å². The van der Waals surface area contributed by atoms with E-state index in [1.54, 1.807) is 0 Å². The maximum absolute atomic E-state index is 12.4. The number of anilines is 2. The van der Waals surface area contributed by atoms with E-state index in [0.717, 1.165) is 17.0 Å². The Morgan fingerprint density at radius 3 is 2.47 bits per heavy atom. The Morgan fingerprint density at radius 2 is 2.00 bits per heavy atom. The molecule has 0 spiro atoms. The summed E-state index contributed by atoms with van der Waals surface area (Å²) in [4.78, 5) is 10.7. The van der Waals surface area contributed by atoms with Crippen LogP contribution in [0.4, 0.5) is 30.2 Å². The number of nitro benzene ring substituents is 1. The number of nitro groups is 1. The van der Waals surface area contributed by atoms with Gasteiger partial charge in [-0.25, -0.2) is 0 Å². The number of halogens is 3. The van der Waals surface area contributed by atoms with Crippen LogP contribution in [-0.2, 0) is 0 Å². The fraction of sp³-hybridized carbons (Fsp3) is 0.400. The largest absolute Gasteiger partial charge is 0.405 e. The summed E-state index contributed by atoms with van der Waals surface area (Å²) in [6.45, 7) is -2.15. The molecule has 0 aliphatic heterocycles. The van der Waals surface area contributed by atoms with Crippen LogP contribution in [0.2, 0.25) is 0 Å². The monoisotopic (exact) mass is 279 g/mol. The third kappa shape index (κ3) is 4.62. The Kier molecular flexibility index (Phi) is 4.54. The number of alkyl halides is 3. The predicted octanol–water partition coefficient (Wildman–Crippen LogP) is 1.54. The first-order valence-corrected chi connectivity index (χ1v) is 5.20. The number of benzene rings is 1. The lowest BCUT2D eigenvalue weighted by molar-refractivity contribution is -0.384. The maximum atomic E-state index is 12.4. The van der Waals surface area contributed by atoms with Crippen LogP contribution < -0.4 is 10.6 Å². The van der Waals surface area contributed by atoms with Gasteiger partial charge in [-0.3, -0.25) is 10.1 Å². The van der Waals surface area contributed by atoms with Crippen LogP contribution in [0.1, 0.15) is 0 Å². The van der Waals surface area contributed by atoms with Gasteiger partial charge in [-0.05, 0) is 6.07 Å². The third-order valence-electron chi connectivity index (χ3n) is 2.24. The topological polar surface area (TPSA) is 92.6 Å². The summed E-state index contributed by atoms with van der Waals surface area (Å²) >= 11 is 0. The first-order chi connectivity index (χ1) is 8.73. The molecular formula is C10H12F3N3O3. The highest BCUT2D eigenvalue weighted by Gasteiger charge is 2.31. The summed E-state index contributed by atoms with van der Waals surface area (Å²) < 4.78 is 37.2. The highest BCUT2D eigenvalue weighted by molar-refractivity contribution is 5.62. The van der Waals surface area contributed by atoms with Crippen LogP contribution in [0, 0.1) is 10.1 Å². The molecule has 0 atom stereocenters. The first kappa shape index (κ1) is 15.0. The fourth-order valence-corrected chi connectivity index (χ4v) is 1.54. The average Bonchev–Trinajstić information content (AvgIpc) is 2.25. The van der Waals surface area contributed by atoms with Gasteiger partial charge in [0.15, 0.2) is 0 Å². The summed E-state index contributed by atoms with van der Waals surface area (Å²) in [5.74, 6) is 0. The van der Waals surface area contributed by atoms with Crippen molar-refractivity contribution in [1.29, 1.82) is 0 Å². The van der Waals surface area contributed by atoms with Crippen molar-refractivity contribution in [3.8, 4) is 0 Å². The molecule has 0 aliphatic rings. The molecule has 0 fully saturated rings. The van der Waals surface area contributed by atoms with E-state index in [1.807, 2.05) is 0 Å². The Morgan fingerprint density at radius 1 is 1.37 bits per heavy atom. The number of hydrogen-bond donors (Lipinski definition) is 2. The molecule has 0 amide bonds. The molecule has 9 heteroatoms. The number of rotatable bonds is 5. The molecule has 6 nitrogen and oxygen atoms in total. The van der Waals surface area contributed by atoms with Crippen molar-refractivity contribution in [2.75, 3.05) is 30.3 Å². The van der Waals surface area contributed by atoms with E-state index in [-0.39, 0.29) is 17.9 Å². The average molecular weight is 279 g/mol. The van der Waals surface area contributed by atoms with E-state index in [1.165, 1.54) is 6.07 Å². The third-order valence-corrected chi connectivity index (χ3v) is 2.24. The van der Waals surface area contributed by atoms with Gasteiger partial charge in [0.2, 0.25) is 0 Å². The smallest absolute Gasteiger partial charge is 0.398 e. The van der Waals surface area contributed by atoms with Crippen LogP contribution in [-0.4, -0.2) is 35.9 Å². The second-order valence-electron chi connectivity index (χ2n) is 3.80. The molecule has 0 aliphatic carbocycles. The molecule has 1 aromatic rings. The van der Waals surface area contributed by atoms with Gasteiger partial charge in [-0.15, -0.1) is 0 Å². The lowest BCUT2D eigenvalue weighted by Crippen LogP contribution is -2.36. The van der Waals surface area contributed by atoms with E-state index < -0.39 is 29.9 Å². The second-order valence-corrected chi connectivity index (χ2v) is 3.80. The van der Waals surface area contributed by atoms with E-state index in [9.17, 15) is 23.3 Å². The zero-order chi connectivity index (χ0) is 14.6. The Hall–Kier alpha value is -2.03. The minimum absolute atomic E-state index is 0.0192. The summed E-state index contributed by atoms with van der Waals surface area (Å²) in [6.07, 6.45) is -4.49. The molecule has 0 heterocycles. The van der Waals surface area contributed by atoms with Crippen molar-refractivity contribution >= 4 is 17.1 Å². The summed E-state index contributed by atoms with van der Waals surface area (Å²) in [5.41, 5.74) is 4.94. The van der Waals surface area contributed by atoms with Crippen molar-refractivity contribution < 1.29 is 23.2 Å². The summed E-state index contributed by atoms with van der Waals surface area (Å²) in [7, 11) is 0. The molecule has 1 rings (SSSR count).